The smallest absolute Gasteiger partial charge is 0.225 e. The van der Waals surface area contributed by atoms with Crippen LogP contribution in [0.5, 0.6) is 0 Å². The van der Waals surface area contributed by atoms with E-state index < -0.39 is 15.8 Å². The van der Waals surface area contributed by atoms with Crippen molar-refractivity contribution in [3.63, 3.8) is 0 Å². The summed E-state index contributed by atoms with van der Waals surface area (Å²) in [5.74, 6) is -0.549. The van der Waals surface area contributed by atoms with Crippen molar-refractivity contribution in [2.45, 2.75) is 13.5 Å². The summed E-state index contributed by atoms with van der Waals surface area (Å²) in [5.41, 5.74) is 1.28. The van der Waals surface area contributed by atoms with E-state index in [2.05, 4.69) is 14.7 Å². The monoisotopic (exact) mass is 226 g/mol. The molecule has 0 aliphatic carbocycles. The molecule has 1 aromatic heterocycles. The molecule has 0 atom stereocenters. The van der Waals surface area contributed by atoms with Gasteiger partial charge in [-0.15, -0.1) is 0 Å². The first-order chi connectivity index (χ1) is 7.03. The van der Waals surface area contributed by atoms with E-state index in [0.29, 0.717) is 5.69 Å². The first-order valence-electron chi connectivity index (χ1n) is 4.15. The van der Waals surface area contributed by atoms with E-state index in [1.807, 2.05) is 0 Å². The Labute approximate surface area is 88.0 Å². The second-order valence-electron chi connectivity index (χ2n) is 2.89. The third-order valence-corrected chi connectivity index (χ3v) is 2.66. The summed E-state index contributed by atoms with van der Waals surface area (Å²) in [4.78, 5) is 7.93. The molecule has 1 rings (SSSR count). The van der Waals surface area contributed by atoms with Gasteiger partial charge in [-0.05, 0) is 6.92 Å². The second kappa shape index (κ2) is 4.82. The van der Waals surface area contributed by atoms with Crippen molar-refractivity contribution in [3.8, 4) is 6.07 Å². The minimum absolute atomic E-state index is 0.0529. The molecule has 0 aliphatic rings. The largest absolute Gasteiger partial charge is 0.258 e. The zero-order valence-corrected chi connectivity index (χ0v) is 8.95. The lowest BCUT2D eigenvalue weighted by molar-refractivity contribution is 0.583. The molecule has 0 amide bonds. The Morgan fingerprint density at radius 1 is 1.47 bits per heavy atom. The number of nitrogens with one attached hydrogen (secondary N) is 1. The maximum Gasteiger partial charge on any atom is 0.225 e. The number of aromatic nitrogens is 2. The molecule has 15 heavy (non-hydrogen) atoms. The van der Waals surface area contributed by atoms with E-state index in [4.69, 9.17) is 5.26 Å². The van der Waals surface area contributed by atoms with Crippen LogP contribution in [0.2, 0.25) is 0 Å². The van der Waals surface area contributed by atoms with Crippen LogP contribution in [0, 0.1) is 18.3 Å². The van der Waals surface area contributed by atoms with Gasteiger partial charge in [0.15, 0.2) is 5.75 Å². The minimum atomic E-state index is -3.52. The molecular formula is C8H10N4O2S. The normalized spacial score (nSPS) is 10.9. The molecule has 0 aliphatic heterocycles. The molecule has 0 bridgehead atoms. The summed E-state index contributed by atoms with van der Waals surface area (Å²) < 4.78 is 24.4. The Kier molecular flexibility index (Phi) is 3.71. The molecule has 0 saturated carbocycles. The molecule has 1 N–H and O–H groups in total. The van der Waals surface area contributed by atoms with Crippen molar-refractivity contribution >= 4 is 10.0 Å². The highest BCUT2D eigenvalue weighted by molar-refractivity contribution is 7.89. The molecule has 80 valence electrons. The summed E-state index contributed by atoms with van der Waals surface area (Å²) in [5, 5.41) is 8.24. The molecule has 0 saturated heterocycles. The average Bonchev–Trinajstić information content (AvgIpc) is 2.17. The maximum absolute atomic E-state index is 11.1. The van der Waals surface area contributed by atoms with Crippen LogP contribution >= 0.6 is 0 Å². The first-order valence-corrected chi connectivity index (χ1v) is 5.80. The average molecular weight is 226 g/mol. The zero-order valence-electron chi connectivity index (χ0n) is 8.14. The SMILES string of the molecule is Cc1cnc(CNS(=O)(=O)CC#N)cn1. The Balaban J connectivity index is 2.59. The molecule has 0 aromatic carbocycles. The summed E-state index contributed by atoms with van der Waals surface area (Å²) in [7, 11) is -3.52. The summed E-state index contributed by atoms with van der Waals surface area (Å²) in [6, 6.07) is 1.57. The van der Waals surface area contributed by atoms with Gasteiger partial charge in [0, 0.05) is 6.20 Å². The van der Waals surface area contributed by atoms with Crippen LogP contribution in [0.15, 0.2) is 12.4 Å². The van der Waals surface area contributed by atoms with Crippen LogP contribution in [0.1, 0.15) is 11.4 Å². The van der Waals surface area contributed by atoms with Crippen molar-refractivity contribution < 1.29 is 8.42 Å². The predicted octanol–water partition coefficient (Wildman–Crippen LogP) is -0.272. The molecule has 6 nitrogen and oxygen atoms in total. The van der Waals surface area contributed by atoms with Gasteiger partial charge in [-0.25, -0.2) is 13.1 Å². The molecule has 1 aromatic rings. The Bertz CT molecular complexity index is 460. The van der Waals surface area contributed by atoms with Crippen molar-refractivity contribution in [1.29, 1.82) is 5.26 Å². The zero-order chi connectivity index (χ0) is 11.3. The third-order valence-electron chi connectivity index (χ3n) is 1.56. The van der Waals surface area contributed by atoms with Gasteiger partial charge in [0.1, 0.15) is 0 Å². The fourth-order valence-corrected chi connectivity index (χ4v) is 1.47. The highest BCUT2D eigenvalue weighted by Gasteiger charge is 2.08. The van der Waals surface area contributed by atoms with Crippen LogP contribution in [-0.4, -0.2) is 24.1 Å². The van der Waals surface area contributed by atoms with Gasteiger partial charge in [-0.1, -0.05) is 0 Å². The second-order valence-corrected chi connectivity index (χ2v) is 4.69. The predicted molar refractivity (Wildman–Crippen MR) is 53.0 cm³/mol. The number of aryl methyl sites for hydroxylation is 1. The number of rotatable bonds is 4. The fraction of sp³-hybridized carbons (Fsp3) is 0.375. The van der Waals surface area contributed by atoms with E-state index >= 15 is 0 Å². The van der Waals surface area contributed by atoms with Gasteiger partial charge in [0.2, 0.25) is 10.0 Å². The van der Waals surface area contributed by atoms with Crippen molar-refractivity contribution in [2.24, 2.45) is 0 Å². The standard InChI is InChI=1S/C8H10N4O2S/c1-7-4-11-8(5-10-7)6-12-15(13,14)3-2-9/h4-5,12H,3,6H2,1H3. The van der Waals surface area contributed by atoms with Gasteiger partial charge >= 0.3 is 0 Å². The van der Waals surface area contributed by atoms with Crippen LogP contribution in [0.4, 0.5) is 0 Å². The van der Waals surface area contributed by atoms with Crippen molar-refractivity contribution in [1.82, 2.24) is 14.7 Å². The van der Waals surface area contributed by atoms with E-state index in [0.717, 1.165) is 5.69 Å². The van der Waals surface area contributed by atoms with Crippen molar-refractivity contribution in [2.75, 3.05) is 5.75 Å². The summed E-state index contributed by atoms with van der Waals surface area (Å²) in [6.07, 6.45) is 3.04. The Morgan fingerprint density at radius 3 is 2.73 bits per heavy atom. The van der Waals surface area contributed by atoms with Gasteiger partial charge in [0.25, 0.3) is 0 Å². The quantitative estimate of drug-likeness (QED) is 0.762. The van der Waals surface area contributed by atoms with E-state index in [1.54, 1.807) is 19.2 Å². The molecule has 0 spiro atoms. The molecular weight excluding hydrogens is 216 g/mol. The number of nitrogens with zero attached hydrogens (tertiary/aromatic N) is 3. The minimum Gasteiger partial charge on any atom is -0.258 e. The van der Waals surface area contributed by atoms with E-state index in [9.17, 15) is 8.42 Å². The van der Waals surface area contributed by atoms with Crippen LogP contribution in [0.3, 0.4) is 0 Å². The fourth-order valence-electron chi connectivity index (χ4n) is 0.831. The van der Waals surface area contributed by atoms with Gasteiger partial charge in [-0.3, -0.25) is 9.97 Å². The highest BCUT2D eigenvalue weighted by Crippen LogP contribution is 1.94. The summed E-state index contributed by atoms with van der Waals surface area (Å²) >= 11 is 0. The lowest BCUT2D eigenvalue weighted by atomic mass is 10.4. The lowest BCUT2D eigenvalue weighted by Crippen LogP contribution is -2.25. The van der Waals surface area contributed by atoms with E-state index in [-0.39, 0.29) is 6.54 Å². The number of sulfonamides is 1. The molecule has 0 radical (unpaired) electrons. The van der Waals surface area contributed by atoms with Crippen molar-refractivity contribution in [3.05, 3.63) is 23.8 Å². The lowest BCUT2D eigenvalue weighted by Gasteiger charge is -2.02. The van der Waals surface area contributed by atoms with Gasteiger partial charge in [0.05, 0.1) is 30.2 Å². The molecule has 7 heteroatoms. The number of hydrogen-bond donors (Lipinski definition) is 1. The van der Waals surface area contributed by atoms with Crippen LogP contribution in [-0.2, 0) is 16.6 Å². The Morgan fingerprint density at radius 2 is 2.20 bits per heavy atom. The summed E-state index contributed by atoms with van der Waals surface area (Å²) in [6.45, 7) is 1.84. The molecule has 1 heterocycles. The third kappa shape index (κ3) is 4.01. The van der Waals surface area contributed by atoms with E-state index in [1.165, 1.54) is 6.20 Å². The van der Waals surface area contributed by atoms with Gasteiger partial charge < -0.3 is 0 Å². The Hall–Kier alpha value is -1.52. The first kappa shape index (κ1) is 11.6. The maximum atomic E-state index is 11.1. The molecule has 0 unspecified atom stereocenters. The van der Waals surface area contributed by atoms with Gasteiger partial charge in [-0.2, -0.15) is 5.26 Å². The van der Waals surface area contributed by atoms with Crippen LogP contribution < -0.4 is 4.72 Å². The highest BCUT2D eigenvalue weighted by atomic mass is 32.2. The number of hydrogen-bond acceptors (Lipinski definition) is 5. The van der Waals surface area contributed by atoms with Crippen LogP contribution in [0.25, 0.3) is 0 Å². The topological polar surface area (TPSA) is 95.7 Å². The number of nitriles is 1. The molecule has 0 fully saturated rings.